The second kappa shape index (κ2) is 5.92. The van der Waals surface area contributed by atoms with Gasteiger partial charge in [-0.25, -0.2) is 4.79 Å². The molecule has 2 aromatic rings. The Morgan fingerprint density at radius 3 is 2.58 bits per heavy atom. The number of nitrogens with zero attached hydrogens (tertiary/aromatic N) is 1. The molecular weight excluding hydrogens is 316 g/mol. The summed E-state index contributed by atoms with van der Waals surface area (Å²) in [5, 5.41) is 20.9. The van der Waals surface area contributed by atoms with Crippen molar-refractivity contribution in [1.29, 1.82) is 0 Å². The third-order valence-electron chi connectivity index (χ3n) is 3.39. The van der Waals surface area contributed by atoms with Gasteiger partial charge in [0.15, 0.2) is 11.5 Å². The molecule has 1 aliphatic rings. The van der Waals surface area contributed by atoms with Crippen LogP contribution in [0.2, 0.25) is 0 Å². The van der Waals surface area contributed by atoms with Crippen LogP contribution in [0, 0.1) is 0 Å². The molecule has 1 aromatic carbocycles. The summed E-state index contributed by atoms with van der Waals surface area (Å²) in [6.45, 7) is -0.122. The average molecular weight is 328 g/mol. The molecule has 1 saturated heterocycles. The van der Waals surface area contributed by atoms with E-state index in [0.717, 1.165) is 4.90 Å². The summed E-state index contributed by atoms with van der Waals surface area (Å²) in [6, 6.07) is 6.19. The number of amides is 4. The van der Waals surface area contributed by atoms with Gasteiger partial charge in [0.05, 0.1) is 12.8 Å². The zero-order valence-electron chi connectivity index (χ0n) is 12.2. The van der Waals surface area contributed by atoms with Gasteiger partial charge in [-0.15, -0.1) is 0 Å². The van der Waals surface area contributed by atoms with E-state index in [9.17, 15) is 24.6 Å². The summed E-state index contributed by atoms with van der Waals surface area (Å²) in [7, 11) is 0. The molecule has 0 saturated carbocycles. The second-order valence-corrected chi connectivity index (χ2v) is 5.04. The number of carbonyl (C=O) groups excluding carboxylic acids is 3. The summed E-state index contributed by atoms with van der Waals surface area (Å²) in [4.78, 5) is 37.1. The van der Waals surface area contributed by atoms with Crippen molar-refractivity contribution in [1.82, 2.24) is 10.2 Å². The molecule has 0 aliphatic carbocycles. The largest absolute Gasteiger partial charge is 0.504 e. The first kappa shape index (κ1) is 15.3. The second-order valence-electron chi connectivity index (χ2n) is 5.04. The van der Waals surface area contributed by atoms with Crippen LogP contribution in [0.5, 0.6) is 11.5 Å². The Kier molecular flexibility index (Phi) is 3.78. The summed E-state index contributed by atoms with van der Waals surface area (Å²) in [6.07, 6.45) is 2.63. The highest BCUT2D eigenvalue weighted by Gasteiger charge is 2.36. The lowest BCUT2D eigenvalue weighted by Gasteiger charge is -2.25. The fourth-order valence-electron chi connectivity index (χ4n) is 2.19. The van der Waals surface area contributed by atoms with E-state index in [2.05, 4.69) is 5.32 Å². The predicted octanol–water partition coefficient (Wildman–Crippen LogP) is 1.35. The third kappa shape index (κ3) is 2.84. The first-order chi connectivity index (χ1) is 11.5. The molecule has 1 aliphatic heterocycles. The highest BCUT2D eigenvalue weighted by molar-refractivity contribution is 6.30. The lowest BCUT2D eigenvalue weighted by Crippen LogP contribution is -2.53. The van der Waals surface area contributed by atoms with E-state index in [4.69, 9.17) is 4.42 Å². The standard InChI is InChI=1S/C16H12N2O6/c19-12-4-3-9(7-13(12)20)6-11-14(21)17-16(23)18(15(11)22)8-10-2-1-5-24-10/h1-7,19-20H,8H2,(H,17,21,23)/b11-6+. The summed E-state index contributed by atoms with van der Waals surface area (Å²) >= 11 is 0. The number of hydrogen-bond acceptors (Lipinski definition) is 6. The van der Waals surface area contributed by atoms with Crippen molar-refractivity contribution < 1.29 is 29.0 Å². The van der Waals surface area contributed by atoms with Crippen molar-refractivity contribution in [2.45, 2.75) is 6.54 Å². The van der Waals surface area contributed by atoms with Gasteiger partial charge in [-0.3, -0.25) is 19.8 Å². The number of nitrogens with one attached hydrogen (secondary N) is 1. The zero-order valence-corrected chi connectivity index (χ0v) is 12.2. The topological polar surface area (TPSA) is 120 Å². The lowest BCUT2D eigenvalue weighted by atomic mass is 10.1. The monoisotopic (exact) mass is 328 g/mol. The SMILES string of the molecule is O=C1NC(=O)N(Cc2ccco2)C(=O)/C1=C/c1ccc(O)c(O)c1. The molecule has 1 fully saturated rings. The summed E-state index contributed by atoms with van der Waals surface area (Å²) in [5.41, 5.74) is 0.0438. The molecule has 8 heteroatoms. The van der Waals surface area contributed by atoms with Gasteiger partial charge in [0.1, 0.15) is 11.3 Å². The van der Waals surface area contributed by atoms with Crippen LogP contribution in [0.3, 0.4) is 0 Å². The van der Waals surface area contributed by atoms with E-state index in [0.29, 0.717) is 11.3 Å². The first-order valence-electron chi connectivity index (χ1n) is 6.89. The van der Waals surface area contributed by atoms with Crippen LogP contribution >= 0.6 is 0 Å². The maximum Gasteiger partial charge on any atom is 0.331 e. The Bertz CT molecular complexity index is 853. The minimum atomic E-state index is -0.841. The molecule has 122 valence electrons. The zero-order chi connectivity index (χ0) is 17.3. The number of barbiturate groups is 1. The van der Waals surface area contributed by atoms with Crippen molar-refractivity contribution in [2.75, 3.05) is 0 Å². The van der Waals surface area contributed by atoms with Crippen molar-refractivity contribution in [3.05, 3.63) is 53.5 Å². The van der Waals surface area contributed by atoms with E-state index in [1.165, 1.54) is 30.5 Å². The van der Waals surface area contributed by atoms with Crippen LogP contribution < -0.4 is 5.32 Å². The lowest BCUT2D eigenvalue weighted by molar-refractivity contribution is -0.130. The van der Waals surface area contributed by atoms with E-state index >= 15 is 0 Å². The predicted molar refractivity (Wildman–Crippen MR) is 80.5 cm³/mol. The minimum Gasteiger partial charge on any atom is -0.504 e. The Labute approximate surface area is 135 Å². The number of hydrogen-bond donors (Lipinski definition) is 3. The van der Waals surface area contributed by atoms with Crippen LogP contribution in [-0.2, 0) is 16.1 Å². The fraction of sp³-hybridized carbons (Fsp3) is 0.0625. The van der Waals surface area contributed by atoms with Crippen molar-refractivity contribution in [3.8, 4) is 11.5 Å². The molecule has 0 spiro atoms. The number of aromatic hydroxyl groups is 2. The van der Waals surface area contributed by atoms with Crippen LogP contribution in [0.25, 0.3) is 6.08 Å². The van der Waals surface area contributed by atoms with Crippen LogP contribution in [0.15, 0.2) is 46.6 Å². The number of rotatable bonds is 3. The van der Waals surface area contributed by atoms with Gasteiger partial charge < -0.3 is 14.6 Å². The normalized spacial score (nSPS) is 16.6. The van der Waals surface area contributed by atoms with Gasteiger partial charge in [0.25, 0.3) is 11.8 Å². The average Bonchev–Trinajstić information content (AvgIpc) is 3.04. The number of furan rings is 1. The third-order valence-corrected chi connectivity index (χ3v) is 3.39. The number of phenolic OH excluding ortho intramolecular Hbond substituents is 2. The van der Waals surface area contributed by atoms with Gasteiger partial charge in [0.2, 0.25) is 0 Å². The maximum absolute atomic E-state index is 12.5. The van der Waals surface area contributed by atoms with Crippen LogP contribution in [-0.4, -0.2) is 33.0 Å². The van der Waals surface area contributed by atoms with Crippen molar-refractivity contribution in [2.24, 2.45) is 0 Å². The van der Waals surface area contributed by atoms with E-state index in [1.54, 1.807) is 12.1 Å². The summed E-state index contributed by atoms with van der Waals surface area (Å²) < 4.78 is 5.10. The molecule has 3 rings (SSSR count). The highest BCUT2D eigenvalue weighted by Crippen LogP contribution is 2.26. The molecule has 0 atom stereocenters. The Morgan fingerprint density at radius 2 is 1.92 bits per heavy atom. The molecule has 8 nitrogen and oxygen atoms in total. The molecule has 24 heavy (non-hydrogen) atoms. The molecule has 1 aromatic heterocycles. The molecule has 4 amide bonds. The van der Waals surface area contributed by atoms with Crippen LogP contribution in [0.1, 0.15) is 11.3 Å². The Morgan fingerprint density at radius 1 is 1.12 bits per heavy atom. The fourth-order valence-corrected chi connectivity index (χ4v) is 2.19. The van der Waals surface area contributed by atoms with E-state index in [-0.39, 0.29) is 17.9 Å². The van der Waals surface area contributed by atoms with Gasteiger partial charge in [0, 0.05) is 0 Å². The molecule has 0 radical (unpaired) electrons. The first-order valence-corrected chi connectivity index (χ1v) is 6.89. The van der Waals surface area contributed by atoms with E-state index < -0.39 is 23.6 Å². The maximum atomic E-state index is 12.5. The van der Waals surface area contributed by atoms with E-state index in [1.807, 2.05) is 0 Å². The minimum absolute atomic E-state index is 0.122. The Balaban J connectivity index is 1.92. The molecule has 0 unspecified atom stereocenters. The number of carbonyl (C=O) groups is 3. The Hall–Kier alpha value is -3.55. The molecular formula is C16H12N2O6. The van der Waals surface area contributed by atoms with Gasteiger partial charge >= 0.3 is 6.03 Å². The van der Waals surface area contributed by atoms with Gasteiger partial charge in [-0.1, -0.05) is 6.07 Å². The van der Waals surface area contributed by atoms with Gasteiger partial charge in [-0.05, 0) is 35.9 Å². The van der Waals surface area contributed by atoms with Crippen molar-refractivity contribution in [3.63, 3.8) is 0 Å². The molecule has 0 bridgehead atoms. The number of benzene rings is 1. The quantitative estimate of drug-likeness (QED) is 0.444. The number of urea groups is 1. The number of phenols is 2. The number of imide groups is 2. The summed E-state index contributed by atoms with van der Waals surface area (Å²) in [5.74, 6) is -1.96. The highest BCUT2D eigenvalue weighted by atomic mass is 16.3. The molecule has 3 N–H and O–H groups in total. The van der Waals surface area contributed by atoms with Crippen LogP contribution in [0.4, 0.5) is 4.79 Å². The van der Waals surface area contributed by atoms with Crippen molar-refractivity contribution >= 4 is 23.9 Å². The molecule has 2 heterocycles. The van der Waals surface area contributed by atoms with Gasteiger partial charge in [-0.2, -0.15) is 0 Å². The smallest absolute Gasteiger partial charge is 0.331 e.